The van der Waals surface area contributed by atoms with E-state index in [4.69, 9.17) is 0 Å². The fourth-order valence-corrected chi connectivity index (χ4v) is 2.31. The standard InChI is InChI=1S/C15H13NO/c17-15-13-9-5-4-8-12(13)10-14(16-15)11-6-2-1-3-7-11/h1-9,14H,10H2,(H,16,17)/t14-/m0/s1. The summed E-state index contributed by atoms with van der Waals surface area (Å²) in [6.07, 6.45) is 0.867. The molecule has 1 amide bonds. The molecule has 2 heteroatoms. The summed E-state index contributed by atoms with van der Waals surface area (Å²) in [6, 6.07) is 18.0. The van der Waals surface area contributed by atoms with Crippen LogP contribution in [0, 0.1) is 0 Å². The van der Waals surface area contributed by atoms with Gasteiger partial charge in [-0.3, -0.25) is 4.79 Å². The molecule has 1 heterocycles. The Bertz CT molecular complexity index is 548. The van der Waals surface area contributed by atoms with E-state index in [1.165, 1.54) is 0 Å². The summed E-state index contributed by atoms with van der Waals surface area (Å²) in [7, 11) is 0. The van der Waals surface area contributed by atoms with Gasteiger partial charge in [0.1, 0.15) is 0 Å². The van der Waals surface area contributed by atoms with Crippen LogP contribution in [0.5, 0.6) is 0 Å². The lowest BCUT2D eigenvalue weighted by atomic mass is 9.91. The van der Waals surface area contributed by atoms with Crippen LogP contribution in [0.3, 0.4) is 0 Å². The molecule has 3 rings (SSSR count). The molecule has 1 atom stereocenters. The molecule has 2 nitrogen and oxygen atoms in total. The lowest BCUT2D eigenvalue weighted by Gasteiger charge is -2.25. The average Bonchev–Trinajstić information content (AvgIpc) is 2.40. The van der Waals surface area contributed by atoms with Crippen LogP contribution in [-0.2, 0) is 6.42 Å². The third kappa shape index (κ3) is 1.82. The molecule has 0 unspecified atom stereocenters. The molecule has 0 saturated heterocycles. The Morgan fingerprint density at radius 2 is 1.65 bits per heavy atom. The molecular weight excluding hydrogens is 210 g/mol. The van der Waals surface area contributed by atoms with Gasteiger partial charge in [0.05, 0.1) is 6.04 Å². The molecule has 0 radical (unpaired) electrons. The predicted molar refractivity (Wildman–Crippen MR) is 66.8 cm³/mol. The summed E-state index contributed by atoms with van der Waals surface area (Å²) >= 11 is 0. The highest BCUT2D eigenvalue weighted by Crippen LogP contribution is 2.25. The number of benzene rings is 2. The number of carbonyl (C=O) groups is 1. The molecule has 84 valence electrons. The Labute approximate surface area is 100 Å². The summed E-state index contributed by atoms with van der Waals surface area (Å²) in [4.78, 5) is 12.0. The fourth-order valence-electron chi connectivity index (χ4n) is 2.31. The van der Waals surface area contributed by atoms with E-state index in [0.29, 0.717) is 0 Å². The van der Waals surface area contributed by atoms with Gasteiger partial charge >= 0.3 is 0 Å². The molecule has 0 spiro atoms. The molecule has 0 aliphatic carbocycles. The molecule has 1 aliphatic rings. The maximum atomic E-state index is 12.0. The van der Waals surface area contributed by atoms with E-state index in [1.54, 1.807) is 0 Å². The number of nitrogens with one attached hydrogen (secondary N) is 1. The number of amides is 1. The van der Waals surface area contributed by atoms with Crippen molar-refractivity contribution in [2.45, 2.75) is 12.5 Å². The highest BCUT2D eigenvalue weighted by Gasteiger charge is 2.24. The minimum absolute atomic E-state index is 0.0284. The van der Waals surface area contributed by atoms with Crippen LogP contribution in [0.1, 0.15) is 27.5 Å². The normalized spacial score (nSPS) is 18.4. The van der Waals surface area contributed by atoms with Crippen LogP contribution in [0.15, 0.2) is 54.6 Å². The molecule has 1 aliphatic heterocycles. The van der Waals surface area contributed by atoms with Crippen molar-refractivity contribution in [2.75, 3.05) is 0 Å². The summed E-state index contributed by atoms with van der Waals surface area (Å²) in [5.74, 6) is 0.0284. The van der Waals surface area contributed by atoms with Crippen molar-refractivity contribution in [1.82, 2.24) is 5.32 Å². The molecule has 0 fully saturated rings. The Hall–Kier alpha value is -2.09. The highest BCUT2D eigenvalue weighted by atomic mass is 16.1. The summed E-state index contributed by atoms with van der Waals surface area (Å²) < 4.78 is 0. The number of carbonyl (C=O) groups excluding carboxylic acids is 1. The fraction of sp³-hybridized carbons (Fsp3) is 0.133. The van der Waals surface area contributed by atoms with E-state index in [1.807, 2.05) is 42.5 Å². The van der Waals surface area contributed by atoms with E-state index < -0.39 is 0 Å². The van der Waals surface area contributed by atoms with Crippen LogP contribution >= 0.6 is 0 Å². The van der Waals surface area contributed by atoms with Crippen molar-refractivity contribution < 1.29 is 4.79 Å². The van der Waals surface area contributed by atoms with E-state index in [2.05, 4.69) is 17.4 Å². The van der Waals surface area contributed by atoms with Crippen molar-refractivity contribution in [3.63, 3.8) is 0 Å². The van der Waals surface area contributed by atoms with Crippen molar-refractivity contribution >= 4 is 5.91 Å². The molecule has 1 N–H and O–H groups in total. The van der Waals surface area contributed by atoms with Gasteiger partial charge in [-0.1, -0.05) is 48.5 Å². The lowest BCUT2D eigenvalue weighted by molar-refractivity contribution is 0.0925. The van der Waals surface area contributed by atoms with Crippen LogP contribution in [-0.4, -0.2) is 5.91 Å². The average molecular weight is 223 g/mol. The van der Waals surface area contributed by atoms with E-state index in [-0.39, 0.29) is 11.9 Å². The first-order valence-electron chi connectivity index (χ1n) is 5.78. The van der Waals surface area contributed by atoms with Crippen molar-refractivity contribution in [3.8, 4) is 0 Å². The second-order valence-corrected chi connectivity index (χ2v) is 4.30. The lowest BCUT2D eigenvalue weighted by Crippen LogP contribution is -2.35. The first-order chi connectivity index (χ1) is 8.34. The van der Waals surface area contributed by atoms with Gasteiger partial charge in [0.15, 0.2) is 0 Å². The number of hydrogen-bond donors (Lipinski definition) is 1. The Kier molecular flexibility index (Phi) is 2.41. The molecule has 0 saturated carbocycles. The van der Waals surface area contributed by atoms with Crippen LogP contribution in [0.25, 0.3) is 0 Å². The van der Waals surface area contributed by atoms with Gasteiger partial charge in [0.25, 0.3) is 5.91 Å². The highest BCUT2D eigenvalue weighted by molar-refractivity contribution is 5.97. The molecule has 0 aromatic heterocycles. The number of rotatable bonds is 1. The number of hydrogen-bond acceptors (Lipinski definition) is 1. The molecular formula is C15H13NO. The molecule has 2 aromatic carbocycles. The van der Waals surface area contributed by atoms with Crippen LogP contribution < -0.4 is 5.32 Å². The van der Waals surface area contributed by atoms with Gasteiger partial charge in [-0.05, 0) is 23.6 Å². The van der Waals surface area contributed by atoms with Gasteiger partial charge in [0.2, 0.25) is 0 Å². The minimum Gasteiger partial charge on any atom is -0.345 e. The zero-order valence-electron chi connectivity index (χ0n) is 9.39. The van der Waals surface area contributed by atoms with E-state index >= 15 is 0 Å². The number of fused-ring (bicyclic) bond motifs is 1. The third-order valence-electron chi connectivity index (χ3n) is 3.19. The third-order valence-corrected chi connectivity index (χ3v) is 3.19. The Morgan fingerprint density at radius 3 is 2.47 bits per heavy atom. The van der Waals surface area contributed by atoms with Crippen molar-refractivity contribution in [1.29, 1.82) is 0 Å². The van der Waals surface area contributed by atoms with Gasteiger partial charge in [-0.15, -0.1) is 0 Å². The van der Waals surface area contributed by atoms with Crippen LogP contribution in [0.4, 0.5) is 0 Å². The first-order valence-corrected chi connectivity index (χ1v) is 5.78. The molecule has 2 aromatic rings. The van der Waals surface area contributed by atoms with Gasteiger partial charge in [-0.25, -0.2) is 0 Å². The molecule has 17 heavy (non-hydrogen) atoms. The monoisotopic (exact) mass is 223 g/mol. The smallest absolute Gasteiger partial charge is 0.252 e. The summed E-state index contributed by atoms with van der Waals surface area (Å²) in [5, 5.41) is 3.05. The second-order valence-electron chi connectivity index (χ2n) is 4.30. The summed E-state index contributed by atoms with van der Waals surface area (Å²) in [5.41, 5.74) is 3.10. The first kappa shape index (κ1) is 10.1. The Balaban J connectivity index is 1.97. The van der Waals surface area contributed by atoms with Gasteiger partial charge in [-0.2, -0.15) is 0 Å². The second kappa shape index (κ2) is 4.06. The maximum absolute atomic E-state index is 12.0. The van der Waals surface area contributed by atoms with Crippen molar-refractivity contribution in [2.24, 2.45) is 0 Å². The molecule has 0 bridgehead atoms. The summed E-state index contributed by atoms with van der Waals surface area (Å²) in [6.45, 7) is 0. The zero-order valence-corrected chi connectivity index (χ0v) is 9.39. The van der Waals surface area contributed by atoms with E-state index in [9.17, 15) is 4.79 Å². The van der Waals surface area contributed by atoms with E-state index in [0.717, 1.165) is 23.1 Å². The maximum Gasteiger partial charge on any atom is 0.252 e. The predicted octanol–water partition coefficient (Wildman–Crippen LogP) is 2.71. The minimum atomic E-state index is 0.0284. The Morgan fingerprint density at radius 1 is 0.941 bits per heavy atom. The quantitative estimate of drug-likeness (QED) is 0.791. The van der Waals surface area contributed by atoms with Gasteiger partial charge in [0, 0.05) is 5.56 Å². The largest absolute Gasteiger partial charge is 0.345 e. The van der Waals surface area contributed by atoms with Gasteiger partial charge < -0.3 is 5.32 Å². The van der Waals surface area contributed by atoms with Crippen molar-refractivity contribution in [3.05, 3.63) is 71.3 Å². The SMILES string of the molecule is O=C1N[C@H](c2ccccc2)Cc2ccccc21. The van der Waals surface area contributed by atoms with Crippen LogP contribution in [0.2, 0.25) is 0 Å². The topological polar surface area (TPSA) is 29.1 Å². The zero-order chi connectivity index (χ0) is 11.7.